The molecular formula is C11H17N3O3. The Bertz CT molecular complexity index is 380. The van der Waals surface area contributed by atoms with Crippen LogP contribution < -0.4 is 5.73 Å². The van der Waals surface area contributed by atoms with E-state index >= 15 is 0 Å². The number of likely N-dealkylation sites (tertiary alicyclic amines) is 2. The molecular weight excluding hydrogens is 222 g/mol. The molecule has 6 nitrogen and oxygen atoms in total. The van der Waals surface area contributed by atoms with E-state index in [1.54, 1.807) is 11.8 Å². The molecule has 2 aliphatic rings. The molecule has 0 unspecified atom stereocenters. The van der Waals surface area contributed by atoms with Gasteiger partial charge >= 0.3 is 0 Å². The summed E-state index contributed by atoms with van der Waals surface area (Å²) in [7, 11) is 1.50. The van der Waals surface area contributed by atoms with Gasteiger partial charge in [-0.2, -0.15) is 0 Å². The number of amides is 3. The van der Waals surface area contributed by atoms with Gasteiger partial charge in [0.05, 0.1) is 17.9 Å². The highest BCUT2D eigenvalue weighted by Crippen LogP contribution is 2.32. The fraction of sp³-hybridized carbons (Fsp3) is 0.727. The van der Waals surface area contributed by atoms with Crippen LogP contribution in [0.15, 0.2) is 0 Å². The third-order valence-corrected chi connectivity index (χ3v) is 3.61. The molecule has 0 saturated carbocycles. The summed E-state index contributed by atoms with van der Waals surface area (Å²) in [6, 6.07) is -0.559. The highest BCUT2D eigenvalue weighted by Gasteiger charge is 2.49. The zero-order valence-corrected chi connectivity index (χ0v) is 10.0. The first-order valence-electron chi connectivity index (χ1n) is 5.79. The second-order valence-corrected chi connectivity index (χ2v) is 4.81. The number of carbonyl (C=O) groups excluding carboxylic acids is 3. The topological polar surface area (TPSA) is 83.7 Å². The normalized spacial score (nSPS) is 30.5. The Morgan fingerprint density at radius 1 is 1.35 bits per heavy atom. The quantitative estimate of drug-likeness (QED) is 0.582. The summed E-state index contributed by atoms with van der Waals surface area (Å²) < 4.78 is 0. The molecule has 6 heteroatoms. The van der Waals surface area contributed by atoms with Gasteiger partial charge in [0.25, 0.3) is 0 Å². The van der Waals surface area contributed by atoms with Gasteiger partial charge in [-0.15, -0.1) is 0 Å². The third-order valence-electron chi connectivity index (χ3n) is 3.61. The maximum atomic E-state index is 11.8. The molecule has 2 N–H and O–H groups in total. The van der Waals surface area contributed by atoms with Gasteiger partial charge in [-0.25, -0.2) is 0 Å². The Morgan fingerprint density at radius 2 is 1.94 bits per heavy atom. The number of nitrogens with two attached hydrogens (primary N) is 1. The van der Waals surface area contributed by atoms with Gasteiger partial charge in [0.2, 0.25) is 17.7 Å². The van der Waals surface area contributed by atoms with Crippen LogP contribution in [0.5, 0.6) is 0 Å². The molecule has 2 rings (SSSR count). The lowest BCUT2D eigenvalue weighted by atomic mass is 9.87. The molecule has 0 aliphatic carbocycles. The van der Waals surface area contributed by atoms with Crippen molar-refractivity contribution in [3.63, 3.8) is 0 Å². The number of fused-ring (bicyclic) bond motifs is 1. The molecule has 2 heterocycles. The minimum atomic E-state index is -0.559. The van der Waals surface area contributed by atoms with Crippen molar-refractivity contribution in [1.29, 1.82) is 0 Å². The SMILES string of the molecule is C[C@H](N)C(=O)N1CC[C@H]2C(=O)N(C)C(=O)[C@H]2C1. The summed E-state index contributed by atoms with van der Waals surface area (Å²) >= 11 is 0. The molecule has 0 radical (unpaired) electrons. The predicted octanol–water partition coefficient (Wildman–Crippen LogP) is -1.20. The minimum absolute atomic E-state index is 0.118. The average Bonchev–Trinajstić information content (AvgIpc) is 2.53. The largest absolute Gasteiger partial charge is 0.341 e. The van der Waals surface area contributed by atoms with Crippen LogP contribution in [-0.4, -0.2) is 53.7 Å². The van der Waals surface area contributed by atoms with Gasteiger partial charge in [0.1, 0.15) is 0 Å². The summed E-state index contributed by atoms with van der Waals surface area (Å²) in [6.07, 6.45) is 0.554. The van der Waals surface area contributed by atoms with Gasteiger partial charge in [-0.05, 0) is 13.3 Å². The lowest BCUT2D eigenvalue weighted by Crippen LogP contribution is -2.49. The lowest BCUT2D eigenvalue weighted by Gasteiger charge is -2.33. The van der Waals surface area contributed by atoms with E-state index in [2.05, 4.69) is 0 Å². The summed E-state index contributed by atoms with van der Waals surface area (Å²) in [4.78, 5) is 38.1. The van der Waals surface area contributed by atoms with Gasteiger partial charge in [-0.3, -0.25) is 19.3 Å². The maximum absolute atomic E-state index is 11.8. The van der Waals surface area contributed by atoms with Crippen LogP contribution in [0.2, 0.25) is 0 Å². The highest BCUT2D eigenvalue weighted by atomic mass is 16.2. The number of imide groups is 1. The van der Waals surface area contributed by atoms with Crippen LogP contribution in [0.4, 0.5) is 0 Å². The van der Waals surface area contributed by atoms with Crippen LogP contribution in [0.1, 0.15) is 13.3 Å². The Morgan fingerprint density at radius 3 is 2.53 bits per heavy atom. The first kappa shape index (κ1) is 12.0. The lowest BCUT2D eigenvalue weighted by molar-refractivity contribution is -0.138. The molecule has 3 amide bonds. The predicted molar refractivity (Wildman–Crippen MR) is 59.6 cm³/mol. The van der Waals surface area contributed by atoms with E-state index in [9.17, 15) is 14.4 Å². The Balaban J connectivity index is 2.12. The fourth-order valence-electron chi connectivity index (χ4n) is 2.59. The zero-order chi connectivity index (χ0) is 12.7. The molecule has 0 spiro atoms. The number of hydrogen-bond acceptors (Lipinski definition) is 4. The van der Waals surface area contributed by atoms with Crippen molar-refractivity contribution in [3.05, 3.63) is 0 Å². The molecule has 0 bridgehead atoms. The molecule has 3 atom stereocenters. The number of rotatable bonds is 1. The monoisotopic (exact) mass is 239 g/mol. The van der Waals surface area contributed by atoms with Gasteiger partial charge in [-0.1, -0.05) is 0 Å². The van der Waals surface area contributed by atoms with Crippen LogP contribution in [0, 0.1) is 11.8 Å². The minimum Gasteiger partial charge on any atom is -0.341 e. The highest BCUT2D eigenvalue weighted by molar-refractivity contribution is 6.05. The van der Waals surface area contributed by atoms with Crippen LogP contribution in [0.25, 0.3) is 0 Å². The molecule has 0 aromatic heterocycles. The van der Waals surface area contributed by atoms with Crippen molar-refractivity contribution < 1.29 is 14.4 Å². The van der Waals surface area contributed by atoms with Crippen molar-refractivity contribution in [2.24, 2.45) is 17.6 Å². The van der Waals surface area contributed by atoms with Crippen molar-refractivity contribution in [2.45, 2.75) is 19.4 Å². The van der Waals surface area contributed by atoms with Crippen LogP contribution in [0.3, 0.4) is 0 Å². The summed E-state index contributed by atoms with van der Waals surface area (Å²) in [5.74, 6) is -1.07. The summed E-state index contributed by atoms with van der Waals surface area (Å²) in [5.41, 5.74) is 5.54. The van der Waals surface area contributed by atoms with Crippen LogP contribution >= 0.6 is 0 Å². The first-order chi connectivity index (χ1) is 7.93. The average molecular weight is 239 g/mol. The number of piperidine rings is 1. The van der Waals surface area contributed by atoms with E-state index in [-0.39, 0.29) is 29.6 Å². The maximum Gasteiger partial charge on any atom is 0.239 e. The van der Waals surface area contributed by atoms with Crippen molar-refractivity contribution in [3.8, 4) is 0 Å². The van der Waals surface area contributed by atoms with Crippen molar-refractivity contribution in [2.75, 3.05) is 20.1 Å². The van der Waals surface area contributed by atoms with Crippen molar-refractivity contribution >= 4 is 17.7 Å². The summed E-state index contributed by atoms with van der Waals surface area (Å²) in [5, 5.41) is 0. The van der Waals surface area contributed by atoms with Crippen molar-refractivity contribution in [1.82, 2.24) is 9.80 Å². The Kier molecular flexibility index (Phi) is 2.91. The molecule has 2 aliphatic heterocycles. The molecule has 94 valence electrons. The van der Waals surface area contributed by atoms with E-state index in [4.69, 9.17) is 5.73 Å². The smallest absolute Gasteiger partial charge is 0.239 e. The van der Waals surface area contributed by atoms with E-state index in [1.807, 2.05) is 0 Å². The number of hydrogen-bond donors (Lipinski definition) is 1. The first-order valence-corrected chi connectivity index (χ1v) is 5.79. The van der Waals surface area contributed by atoms with E-state index in [1.165, 1.54) is 11.9 Å². The number of carbonyl (C=O) groups is 3. The Hall–Kier alpha value is -1.43. The molecule has 2 saturated heterocycles. The molecule has 17 heavy (non-hydrogen) atoms. The van der Waals surface area contributed by atoms with E-state index in [0.29, 0.717) is 19.5 Å². The van der Waals surface area contributed by atoms with Crippen LogP contribution in [-0.2, 0) is 14.4 Å². The number of nitrogens with zero attached hydrogens (tertiary/aromatic N) is 2. The Labute approximate surface area is 99.7 Å². The van der Waals surface area contributed by atoms with Gasteiger partial charge < -0.3 is 10.6 Å². The second kappa shape index (κ2) is 4.10. The molecule has 0 aromatic rings. The molecule has 0 aromatic carbocycles. The standard InChI is InChI=1S/C11H17N3O3/c1-6(12)9(15)14-4-3-7-8(5-14)11(17)13(2)10(7)16/h6-8H,3-5,12H2,1-2H3/t6-,7+,8-/m0/s1. The zero-order valence-electron chi connectivity index (χ0n) is 10.0. The fourth-order valence-corrected chi connectivity index (χ4v) is 2.59. The van der Waals surface area contributed by atoms with Gasteiger partial charge in [0, 0.05) is 20.1 Å². The van der Waals surface area contributed by atoms with E-state index in [0.717, 1.165) is 0 Å². The second-order valence-electron chi connectivity index (χ2n) is 4.81. The van der Waals surface area contributed by atoms with E-state index < -0.39 is 6.04 Å². The van der Waals surface area contributed by atoms with Gasteiger partial charge in [0.15, 0.2) is 0 Å². The molecule has 2 fully saturated rings. The third kappa shape index (κ3) is 1.82. The summed E-state index contributed by atoms with van der Waals surface area (Å²) in [6.45, 7) is 2.45.